The molecule has 0 spiro atoms. The van der Waals surface area contributed by atoms with Crippen LogP contribution in [0.4, 0.5) is 5.82 Å². The van der Waals surface area contributed by atoms with Crippen LogP contribution in [0.3, 0.4) is 0 Å². The molecule has 1 saturated heterocycles. The van der Waals surface area contributed by atoms with E-state index < -0.39 is 0 Å². The third-order valence-electron chi connectivity index (χ3n) is 5.42. The minimum Gasteiger partial charge on any atom is -0.493 e. The van der Waals surface area contributed by atoms with Gasteiger partial charge < -0.3 is 19.3 Å². The van der Waals surface area contributed by atoms with Gasteiger partial charge in [-0.2, -0.15) is 0 Å². The third-order valence-corrected chi connectivity index (χ3v) is 5.42. The maximum atomic E-state index is 13.6. The first kappa shape index (κ1) is 20.9. The number of carbonyl (C=O) groups excluding carboxylic acids is 1. The number of hydrogen-bond acceptors (Lipinski definition) is 6. The summed E-state index contributed by atoms with van der Waals surface area (Å²) in [4.78, 5) is 26.1. The summed E-state index contributed by atoms with van der Waals surface area (Å²) in [6.45, 7) is 3.62. The minimum absolute atomic E-state index is 0.0273. The van der Waals surface area contributed by atoms with Gasteiger partial charge >= 0.3 is 0 Å². The van der Waals surface area contributed by atoms with Crippen LogP contribution >= 0.6 is 0 Å². The van der Waals surface area contributed by atoms with Crippen LogP contribution in [0.15, 0.2) is 48.8 Å². The second-order valence-corrected chi connectivity index (χ2v) is 7.81. The highest BCUT2D eigenvalue weighted by atomic mass is 16.5. The van der Waals surface area contributed by atoms with Crippen LogP contribution in [0, 0.1) is 0 Å². The van der Waals surface area contributed by atoms with E-state index >= 15 is 0 Å². The molecule has 2 heterocycles. The molecule has 0 saturated carbocycles. The van der Waals surface area contributed by atoms with Gasteiger partial charge in [-0.15, -0.1) is 0 Å². The highest BCUT2D eigenvalue weighted by Crippen LogP contribution is 2.31. The number of carbonyl (C=O) groups is 1. The van der Waals surface area contributed by atoms with Crippen molar-refractivity contribution in [2.45, 2.75) is 25.9 Å². The van der Waals surface area contributed by atoms with E-state index in [4.69, 9.17) is 9.47 Å². The van der Waals surface area contributed by atoms with Gasteiger partial charge in [-0.1, -0.05) is 30.3 Å². The SMILES string of the molecule is CCOc1ccc2ccccc2c1C(=O)N1CCCC(Oc2nccnc2N(C)C)C1. The highest BCUT2D eigenvalue weighted by Gasteiger charge is 2.29. The van der Waals surface area contributed by atoms with E-state index in [1.807, 2.05) is 67.2 Å². The first-order valence-electron chi connectivity index (χ1n) is 10.7. The van der Waals surface area contributed by atoms with E-state index in [0.717, 1.165) is 23.6 Å². The molecule has 1 aliphatic rings. The van der Waals surface area contributed by atoms with Crippen molar-refractivity contribution in [1.82, 2.24) is 14.9 Å². The number of ether oxygens (including phenoxy) is 2. The largest absolute Gasteiger partial charge is 0.493 e. The molecule has 0 N–H and O–H groups in total. The molecule has 1 amide bonds. The molecule has 1 aromatic heterocycles. The molecular weight excluding hydrogens is 392 g/mol. The molecule has 3 aromatic rings. The normalized spacial score (nSPS) is 16.2. The van der Waals surface area contributed by atoms with Gasteiger partial charge in [0.05, 0.1) is 18.7 Å². The second-order valence-electron chi connectivity index (χ2n) is 7.81. The number of anilines is 1. The van der Waals surface area contributed by atoms with Crippen LogP contribution in [-0.4, -0.2) is 60.7 Å². The van der Waals surface area contributed by atoms with Crippen molar-refractivity contribution in [3.63, 3.8) is 0 Å². The van der Waals surface area contributed by atoms with Crippen molar-refractivity contribution in [2.75, 3.05) is 38.7 Å². The van der Waals surface area contributed by atoms with Crippen LogP contribution in [0.1, 0.15) is 30.1 Å². The molecule has 1 atom stereocenters. The fourth-order valence-corrected chi connectivity index (χ4v) is 3.99. The van der Waals surface area contributed by atoms with Crippen molar-refractivity contribution < 1.29 is 14.3 Å². The van der Waals surface area contributed by atoms with Crippen LogP contribution in [-0.2, 0) is 0 Å². The molecule has 0 bridgehead atoms. The lowest BCUT2D eigenvalue weighted by Gasteiger charge is -2.33. The lowest BCUT2D eigenvalue weighted by molar-refractivity contribution is 0.0526. The smallest absolute Gasteiger partial charge is 0.258 e. The summed E-state index contributed by atoms with van der Waals surface area (Å²) in [7, 11) is 3.81. The molecule has 7 heteroatoms. The van der Waals surface area contributed by atoms with Gasteiger partial charge in [-0.3, -0.25) is 4.79 Å². The Hall–Kier alpha value is -3.35. The molecule has 0 aliphatic carbocycles. The zero-order chi connectivity index (χ0) is 21.8. The zero-order valence-electron chi connectivity index (χ0n) is 18.2. The average molecular weight is 421 g/mol. The van der Waals surface area contributed by atoms with Gasteiger partial charge in [0.1, 0.15) is 11.9 Å². The van der Waals surface area contributed by atoms with E-state index in [1.165, 1.54) is 0 Å². The van der Waals surface area contributed by atoms with E-state index in [2.05, 4.69) is 9.97 Å². The Morgan fingerprint density at radius 1 is 1.16 bits per heavy atom. The van der Waals surface area contributed by atoms with E-state index in [1.54, 1.807) is 12.4 Å². The summed E-state index contributed by atoms with van der Waals surface area (Å²) in [6, 6.07) is 11.8. The number of fused-ring (bicyclic) bond motifs is 1. The van der Waals surface area contributed by atoms with Crippen LogP contribution in [0.5, 0.6) is 11.6 Å². The molecule has 4 rings (SSSR count). The first-order valence-corrected chi connectivity index (χ1v) is 10.7. The Morgan fingerprint density at radius 2 is 1.97 bits per heavy atom. The minimum atomic E-state index is -0.140. The number of benzene rings is 2. The van der Waals surface area contributed by atoms with E-state index in [0.29, 0.717) is 42.7 Å². The monoisotopic (exact) mass is 420 g/mol. The predicted molar refractivity (Wildman–Crippen MR) is 121 cm³/mol. The lowest BCUT2D eigenvalue weighted by atomic mass is 10.0. The lowest BCUT2D eigenvalue weighted by Crippen LogP contribution is -2.44. The number of piperidine rings is 1. The van der Waals surface area contributed by atoms with Gasteiger partial charge in [0.2, 0.25) is 0 Å². The zero-order valence-corrected chi connectivity index (χ0v) is 18.2. The summed E-state index contributed by atoms with van der Waals surface area (Å²) in [5, 5.41) is 1.93. The number of amides is 1. The Labute approximate surface area is 182 Å². The van der Waals surface area contributed by atoms with Gasteiger partial charge in [-0.05, 0) is 36.6 Å². The average Bonchev–Trinajstić information content (AvgIpc) is 2.79. The van der Waals surface area contributed by atoms with Crippen LogP contribution in [0.25, 0.3) is 10.8 Å². The molecule has 1 unspecified atom stereocenters. The van der Waals surface area contributed by atoms with Gasteiger partial charge in [-0.25, -0.2) is 9.97 Å². The van der Waals surface area contributed by atoms with Crippen LogP contribution in [0.2, 0.25) is 0 Å². The van der Waals surface area contributed by atoms with E-state index in [-0.39, 0.29) is 12.0 Å². The van der Waals surface area contributed by atoms with Crippen LogP contribution < -0.4 is 14.4 Å². The van der Waals surface area contributed by atoms with Crippen molar-refractivity contribution in [3.05, 3.63) is 54.4 Å². The molecule has 2 aromatic carbocycles. The van der Waals surface area contributed by atoms with Gasteiger partial charge in [0.15, 0.2) is 5.82 Å². The maximum absolute atomic E-state index is 13.6. The van der Waals surface area contributed by atoms with E-state index in [9.17, 15) is 4.79 Å². The summed E-state index contributed by atoms with van der Waals surface area (Å²) in [5.41, 5.74) is 0.620. The number of nitrogens with zero attached hydrogens (tertiary/aromatic N) is 4. The molecule has 7 nitrogen and oxygen atoms in total. The molecular formula is C24H28N4O3. The second kappa shape index (κ2) is 9.20. The number of hydrogen-bond donors (Lipinski definition) is 0. The molecule has 1 fully saturated rings. The number of aromatic nitrogens is 2. The highest BCUT2D eigenvalue weighted by molar-refractivity contribution is 6.09. The summed E-state index contributed by atoms with van der Waals surface area (Å²) in [6.07, 6.45) is 4.86. The topological polar surface area (TPSA) is 67.8 Å². The Bertz CT molecular complexity index is 1070. The number of rotatable bonds is 6. The molecule has 162 valence electrons. The fourth-order valence-electron chi connectivity index (χ4n) is 3.99. The quantitative estimate of drug-likeness (QED) is 0.605. The summed E-state index contributed by atoms with van der Waals surface area (Å²) < 4.78 is 12.0. The van der Waals surface area contributed by atoms with Crippen molar-refractivity contribution in [3.8, 4) is 11.6 Å². The molecule has 0 radical (unpaired) electrons. The Kier molecular flexibility index (Phi) is 6.21. The predicted octanol–water partition coefficient (Wildman–Crippen LogP) is 3.78. The van der Waals surface area contributed by atoms with Crippen molar-refractivity contribution >= 4 is 22.5 Å². The summed E-state index contributed by atoms with van der Waals surface area (Å²) in [5.74, 6) is 1.77. The van der Waals surface area contributed by atoms with Gasteiger partial charge in [0.25, 0.3) is 11.8 Å². The molecule has 1 aliphatic heterocycles. The first-order chi connectivity index (χ1) is 15.1. The van der Waals surface area contributed by atoms with Crippen molar-refractivity contribution in [2.24, 2.45) is 0 Å². The molecule has 31 heavy (non-hydrogen) atoms. The standard InChI is InChI=1S/C24H28N4O3/c1-4-30-20-12-11-17-8-5-6-10-19(17)21(20)24(29)28-15-7-9-18(16-28)31-23-22(27(2)3)25-13-14-26-23/h5-6,8,10-14,18H,4,7,9,15-16H2,1-3H3. The Balaban J connectivity index is 1.59. The summed E-state index contributed by atoms with van der Waals surface area (Å²) >= 11 is 0. The number of likely N-dealkylation sites (tertiary alicyclic amines) is 1. The Morgan fingerprint density at radius 3 is 2.77 bits per heavy atom. The van der Waals surface area contributed by atoms with Gasteiger partial charge in [0, 0.05) is 33.0 Å². The maximum Gasteiger partial charge on any atom is 0.258 e. The third kappa shape index (κ3) is 4.40. The fraction of sp³-hybridized carbons (Fsp3) is 0.375. The van der Waals surface area contributed by atoms with Crippen molar-refractivity contribution in [1.29, 1.82) is 0 Å².